The van der Waals surface area contributed by atoms with E-state index in [0.29, 0.717) is 13.0 Å². The van der Waals surface area contributed by atoms with Gasteiger partial charge in [-0.25, -0.2) is 0 Å². The highest BCUT2D eigenvalue weighted by atomic mass is 16.1. The van der Waals surface area contributed by atoms with Crippen LogP contribution in [0.4, 0.5) is 0 Å². The Morgan fingerprint density at radius 3 is 2.68 bits per heavy atom. The first kappa shape index (κ1) is 16.5. The van der Waals surface area contributed by atoms with Gasteiger partial charge in [0.25, 0.3) is 0 Å². The van der Waals surface area contributed by atoms with Crippen LogP contribution in [0.2, 0.25) is 0 Å². The molecular formula is C19H26N2O. The van der Waals surface area contributed by atoms with Crippen molar-refractivity contribution in [3.8, 4) is 0 Å². The van der Waals surface area contributed by atoms with E-state index in [1.807, 2.05) is 12.1 Å². The van der Waals surface area contributed by atoms with Gasteiger partial charge in [0.15, 0.2) is 0 Å². The molecule has 0 bridgehead atoms. The number of rotatable bonds is 8. The number of carbonyl (C=O) groups excluding carboxylic acids is 1. The number of unbranched alkanes of at least 4 members (excludes halogenated alkanes) is 1. The highest BCUT2D eigenvalue weighted by Gasteiger charge is 2.10. The summed E-state index contributed by atoms with van der Waals surface area (Å²) in [6.07, 6.45) is 4.48. The molecule has 3 heteroatoms. The van der Waals surface area contributed by atoms with Crippen LogP contribution in [-0.4, -0.2) is 18.5 Å². The van der Waals surface area contributed by atoms with Crippen molar-refractivity contribution < 1.29 is 4.79 Å². The predicted molar refractivity (Wildman–Crippen MR) is 92.8 cm³/mol. The van der Waals surface area contributed by atoms with Crippen LogP contribution in [0.1, 0.15) is 38.2 Å². The Kier molecular flexibility index (Phi) is 6.41. The van der Waals surface area contributed by atoms with Gasteiger partial charge < -0.3 is 11.1 Å². The first-order valence-electron chi connectivity index (χ1n) is 8.20. The summed E-state index contributed by atoms with van der Waals surface area (Å²) >= 11 is 0. The fourth-order valence-electron chi connectivity index (χ4n) is 2.65. The van der Waals surface area contributed by atoms with E-state index in [9.17, 15) is 4.79 Å². The molecule has 2 aromatic carbocycles. The van der Waals surface area contributed by atoms with Gasteiger partial charge in [-0.1, -0.05) is 62.2 Å². The molecule has 1 atom stereocenters. The van der Waals surface area contributed by atoms with E-state index in [1.165, 1.54) is 16.3 Å². The third-order valence-electron chi connectivity index (χ3n) is 4.01. The third kappa shape index (κ3) is 4.85. The second kappa shape index (κ2) is 8.54. The molecule has 0 aliphatic heterocycles. The minimum atomic E-state index is 0.0970. The van der Waals surface area contributed by atoms with E-state index >= 15 is 0 Å². The maximum Gasteiger partial charge on any atom is 0.220 e. The first-order chi connectivity index (χ1) is 10.7. The topological polar surface area (TPSA) is 55.1 Å². The Morgan fingerprint density at radius 1 is 1.18 bits per heavy atom. The zero-order valence-electron chi connectivity index (χ0n) is 13.3. The van der Waals surface area contributed by atoms with Gasteiger partial charge >= 0.3 is 0 Å². The zero-order chi connectivity index (χ0) is 15.8. The van der Waals surface area contributed by atoms with Crippen molar-refractivity contribution in [1.29, 1.82) is 0 Å². The van der Waals surface area contributed by atoms with Crippen molar-refractivity contribution in [2.45, 2.75) is 45.1 Å². The molecule has 0 radical (unpaired) electrons. The van der Waals surface area contributed by atoms with Crippen molar-refractivity contribution in [3.05, 3.63) is 48.0 Å². The molecule has 1 unspecified atom stereocenters. The lowest BCUT2D eigenvalue weighted by Gasteiger charge is -2.16. The maximum absolute atomic E-state index is 12.0. The van der Waals surface area contributed by atoms with Gasteiger partial charge in [-0.3, -0.25) is 4.79 Å². The average molecular weight is 298 g/mol. The van der Waals surface area contributed by atoms with E-state index in [1.54, 1.807) is 0 Å². The highest BCUT2D eigenvalue weighted by molar-refractivity contribution is 5.83. The SMILES string of the molecule is CCCCC(CN)NC(=O)CCc1ccc2ccccc2c1. The Hall–Kier alpha value is -1.87. The van der Waals surface area contributed by atoms with Gasteiger partial charge in [0.2, 0.25) is 5.91 Å². The molecule has 1 amide bonds. The standard InChI is InChI=1S/C19H26N2O/c1-2-3-8-18(14-20)21-19(22)12-10-15-9-11-16-6-4-5-7-17(16)13-15/h4-7,9,11,13,18H,2-3,8,10,12,14,20H2,1H3,(H,21,22). The fourth-order valence-corrected chi connectivity index (χ4v) is 2.65. The number of nitrogens with one attached hydrogen (secondary N) is 1. The number of aryl methyl sites for hydroxylation is 1. The summed E-state index contributed by atoms with van der Waals surface area (Å²) < 4.78 is 0. The van der Waals surface area contributed by atoms with Crippen LogP contribution in [0, 0.1) is 0 Å². The summed E-state index contributed by atoms with van der Waals surface area (Å²) in [7, 11) is 0. The number of hydrogen-bond acceptors (Lipinski definition) is 2. The maximum atomic E-state index is 12.0. The Labute approximate surface area is 132 Å². The third-order valence-corrected chi connectivity index (χ3v) is 4.01. The highest BCUT2D eigenvalue weighted by Crippen LogP contribution is 2.16. The van der Waals surface area contributed by atoms with E-state index in [-0.39, 0.29) is 11.9 Å². The monoisotopic (exact) mass is 298 g/mol. The van der Waals surface area contributed by atoms with Gasteiger partial charge in [-0.15, -0.1) is 0 Å². The van der Waals surface area contributed by atoms with Crippen LogP contribution >= 0.6 is 0 Å². The molecule has 3 nitrogen and oxygen atoms in total. The number of nitrogens with two attached hydrogens (primary N) is 1. The van der Waals surface area contributed by atoms with Crippen molar-refractivity contribution in [2.24, 2.45) is 5.73 Å². The largest absolute Gasteiger partial charge is 0.352 e. The molecule has 3 N–H and O–H groups in total. The lowest BCUT2D eigenvalue weighted by molar-refractivity contribution is -0.121. The zero-order valence-corrected chi connectivity index (χ0v) is 13.3. The summed E-state index contributed by atoms with van der Waals surface area (Å²) in [4.78, 5) is 12.0. The molecule has 22 heavy (non-hydrogen) atoms. The number of carbonyl (C=O) groups is 1. The minimum Gasteiger partial charge on any atom is -0.352 e. The fraction of sp³-hybridized carbons (Fsp3) is 0.421. The molecule has 0 spiro atoms. The van der Waals surface area contributed by atoms with Gasteiger partial charge in [0.05, 0.1) is 0 Å². The van der Waals surface area contributed by atoms with Crippen LogP contribution in [0.25, 0.3) is 10.8 Å². The van der Waals surface area contributed by atoms with Crippen LogP contribution in [0.15, 0.2) is 42.5 Å². The average Bonchev–Trinajstić information content (AvgIpc) is 2.56. The molecule has 0 aliphatic carbocycles. The first-order valence-corrected chi connectivity index (χ1v) is 8.20. The van der Waals surface area contributed by atoms with Crippen molar-refractivity contribution >= 4 is 16.7 Å². The summed E-state index contributed by atoms with van der Waals surface area (Å²) in [5.41, 5.74) is 6.92. The summed E-state index contributed by atoms with van der Waals surface area (Å²) in [5.74, 6) is 0.0970. The Morgan fingerprint density at radius 2 is 1.95 bits per heavy atom. The molecule has 0 saturated carbocycles. The van der Waals surface area contributed by atoms with Gasteiger partial charge in [-0.05, 0) is 29.2 Å². The van der Waals surface area contributed by atoms with Gasteiger partial charge in [0, 0.05) is 19.0 Å². The van der Waals surface area contributed by atoms with Crippen LogP contribution in [0.3, 0.4) is 0 Å². The van der Waals surface area contributed by atoms with E-state index in [0.717, 1.165) is 25.7 Å². The quantitative estimate of drug-likeness (QED) is 0.784. The van der Waals surface area contributed by atoms with Crippen molar-refractivity contribution in [3.63, 3.8) is 0 Å². The van der Waals surface area contributed by atoms with E-state index in [2.05, 4.69) is 42.6 Å². The van der Waals surface area contributed by atoms with Crippen molar-refractivity contribution in [1.82, 2.24) is 5.32 Å². The van der Waals surface area contributed by atoms with Crippen molar-refractivity contribution in [2.75, 3.05) is 6.54 Å². The molecule has 118 valence electrons. The summed E-state index contributed by atoms with van der Waals surface area (Å²) in [6.45, 7) is 2.66. The Bertz CT molecular complexity index is 609. The molecule has 2 aromatic rings. The molecule has 0 saturated heterocycles. The van der Waals surface area contributed by atoms with Gasteiger partial charge in [0.1, 0.15) is 0 Å². The molecule has 0 fully saturated rings. The molecule has 0 aliphatic rings. The van der Waals surface area contributed by atoms with Gasteiger partial charge in [-0.2, -0.15) is 0 Å². The van der Waals surface area contributed by atoms with E-state index < -0.39 is 0 Å². The number of amides is 1. The normalized spacial score (nSPS) is 12.3. The van der Waals surface area contributed by atoms with Crippen LogP contribution < -0.4 is 11.1 Å². The molecule has 0 heterocycles. The van der Waals surface area contributed by atoms with Crippen LogP contribution in [-0.2, 0) is 11.2 Å². The lowest BCUT2D eigenvalue weighted by Crippen LogP contribution is -2.40. The predicted octanol–water partition coefficient (Wildman–Crippen LogP) is 3.41. The van der Waals surface area contributed by atoms with Crippen LogP contribution in [0.5, 0.6) is 0 Å². The minimum absolute atomic E-state index is 0.0970. The molecule has 2 rings (SSSR count). The smallest absolute Gasteiger partial charge is 0.220 e. The summed E-state index contributed by atoms with van der Waals surface area (Å²) in [5, 5.41) is 5.50. The summed E-state index contributed by atoms with van der Waals surface area (Å²) in [6, 6.07) is 14.8. The number of fused-ring (bicyclic) bond motifs is 1. The van der Waals surface area contributed by atoms with E-state index in [4.69, 9.17) is 5.73 Å². The second-order valence-electron chi connectivity index (χ2n) is 5.82. The number of benzene rings is 2. The second-order valence-corrected chi connectivity index (χ2v) is 5.82. The Balaban J connectivity index is 1.86. The lowest BCUT2D eigenvalue weighted by atomic mass is 10.0. The number of hydrogen-bond donors (Lipinski definition) is 2. The molecule has 0 aromatic heterocycles. The molecular weight excluding hydrogens is 272 g/mol.